The Bertz CT molecular complexity index is 686. The topological polar surface area (TPSA) is 84.9 Å². The number of nitrogens with one attached hydrogen (secondary N) is 1. The number of benzene rings is 1. The van der Waals surface area contributed by atoms with Crippen molar-refractivity contribution in [3.05, 3.63) is 23.8 Å². The molecule has 1 aliphatic carbocycles. The van der Waals surface area contributed by atoms with Crippen molar-refractivity contribution in [3.63, 3.8) is 0 Å². The molecule has 0 unspecified atom stereocenters. The van der Waals surface area contributed by atoms with Crippen LogP contribution >= 0.6 is 0 Å². The molecule has 134 valence electrons. The molecule has 24 heavy (non-hydrogen) atoms. The van der Waals surface area contributed by atoms with Gasteiger partial charge in [0.1, 0.15) is 0 Å². The van der Waals surface area contributed by atoms with Crippen molar-refractivity contribution in [2.75, 3.05) is 33.6 Å². The van der Waals surface area contributed by atoms with E-state index in [4.69, 9.17) is 9.47 Å². The number of carbonyl (C=O) groups excluding carboxylic acids is 1. The van der Waals surface area contributed by atoms with E-state index in [0.717, 1.165) is 18.4 Å². The van der Waals surface area contributed by atoms with Crippen molar-refractivity contribution in [1.82, 2.24) is 9.62 Å². The number of amides is 1. The second kappa shape index (κ2) is 7.85. The molecule has 1 saturated carbocycles. The Hall–Kier alpha value is -1.80. The molecule has 7 nitrogen and oxygen atoms in total. The van der Waals surface area contributed by atoms with E-state index in [1.165, 1.54) is 10.6 Å². The molecule has 8 heteroatoms. The van der Waals surface area contributed by atoms with Crippen LogP contribution in [0, 0.1) is 0 Å². The van der Waals surface area contributed by atoms with Gasteiger partial charge < -0.3 is 14.8 Å². The lowest BCUT2D eigenvalue weighted by Gasteiger charge is -2.19. The lowest BCUT2D eigenvalue weighted by Crippen LogP contribution is -2.39. The van der Waals surface area contributed by atoms with Crippen molar-refractivity contribution in [3.8, 4) is 11.5 Å². The van der Waals surface area contributed by atoms with Gasteiger partial charge in [-0.3, -0.25) is 4.79 Å². The standard InChI is InChI=1S/C16H24N2O5S/c1-22-14-7-4-12(10-15(14)23-2)11-16(19)17-8-9-18(13-5-6-13)24(3,20)21/h4,7,10,13H,5-6,8-9,11H2,1-3H3,(H,17,19). The molecule has 0 atom stereocenters. The first-order chi connectivity index (χ1) is 11.3. The summed E-state index contributed by atoms with van der Waals surface area (Å²) in [6, 6.07) is 5.40. The SMILES string of the molecule is COc1ccc(CC(=O)NCCN(C2CC2)S(C)(=O)=O)cc1OC. The largest absolute Gasteiger partial charge is 0.493 e. The number of hydrogen-bond donors (Lipinski definition) is 1. The molecule has 2 rings (SSSR count). The lowest BCUT2D eigenvalue weighted by molar-refractivity contribution is -0.120. The number of carbonyl (C=O) groups is 1. The van der Waals surface area contributed by atoms with Crippen molar-refractivity contribution >= 4 is 15.9 Å². The van der Waals surface area contributed by atoms with Crippen molar-refractivity contribution in [2.45, 2.75) is 25.3 Å². The smallest absolute Gasteiger partial charge is 0.224 e. The van der Waals surface area contributed by atoms with Gasteiger partial charge in [-0.15, -0.1) is 0 Å². The average Bonchev–Trinajstić information content (AvgIpc) is 3.34. The minimum atomic E-state index is -3.22. The summed E-state index contributed by atoms with van der Waals surface area (Å²) in [4.78, 5) is 12.0. The van der Waals surface area contributed by atoms with Crippen LogP contribution in [-0.4, -0.2) is 58.2 Å². The van der Waals surface area contributed by atoms with E-state index in [1.807, 2.05) is 0 Å². The van der Waals surface area contributed by atoms with Crippen LogP contribution in [0.5, 0.6) is 11.5 Å². The third kappa shape index (κ3) is 5.10. The fourth-order valence-corrected chi connectivity index (χ4v) is 3.70. The third-order valence-corrected chi connectivity index (χ3v) is 5.18. The highest BCUT2D eigenvalue weighted by Crippen LogP contribution is 2.28. The average molecular weight is 356 g/mol. The molecular weight excluding hydrogens is 332 g/mol. The Morgan fingerprint density at radius 3 is 2.46 bits per heavy atom. The van der Waals surface area contributed by atoms with Gasteiger partial charge in [-0.2, -0.15) is 4.31 Å². The van der Waals surface area contributed by atoms with E-state index in [0.29, 0.717) is 24.6 Å². The molecule has 0 aromatic heterocycles. The molecule has 1 aromatic rings. The van der Waals surface area contributed by atoms with Crippen LogP contribution in [0.2, 0.25) is 0 Å². The predicted octanol–water partition coefficient (Wildman–Crippen LogP) is 0.786. The van der Waals surface area contributed by atoms with Gasteiger partial charge >= 0.3 is 0 Å². The van der Waals surface area contributed by atoms with Crippen LogP contribution in [-0.2, 0) is 21.2 Å². The highest BCUT2D eigenvalue weighted by molar-refractivity contribution is 7.88. The van der Waals surface area contributed by atoms with Crippen LogP contribution in [0.15, 0.2) is 18.2 Å². The van der Waals surface area contributed by atoms with Crippen molar-refractivity contribution in [1.29, 1.82) is 0 Å². The van der Waals surface area contributed by atoms with E-state index in [1.54, 1.807) is 32.4 Å². The number of rotatable bonds is 9. The number of hydrogen-bond acceptors (Lipinski definition) is 5. The summed E-state index contributed by atoms with van der Waals surface area (Å²) in [6.45, 7) is 0.608. The van der Waals surface area contributed by atoms with E-state index in [-0.39, 0.29) is 18.4 Å². The first-order valence-electron chi connectivity index (χ1n) is 7.79. The fraction of sp³-hybridized carbons (Fsp3) is 0.562. The molecule has 1 N–H and O–H groups in total. The molecular formula is C16H24N2O5S. The van der Waals surface area contributed by atoms with Gasteiger partial charge in [0.15, 0.2) is 11.5 Å². The van der Waals surface area contributed by atoms with E-state index >= 15 is 0 Å². The maximum Gasteiger partial charge on any atom is 0.224 e. The molecule has 0 bridgehead atoms. The van der Waals surface area contributed by atoms with Crippen LogP contribution < -0.4 is 14.8 Å². The Morgan fingerprint density at radius 1 is 1.25 bits per heavy atom. The van der Waals surface area contributed by atoms with Gasteiger partial charge in [0, 0.05) is 19.1 Å². The number of methoxy groups -OCH3 is 2. The maximum atomic E-state index is 12.0. The summed E-state index contributed by atoms with van der Waals surface area (Å²) in [6.07, 6.45) is 3.19. The predicted molar refractivity (Wildman–Crippen MR) is 90.8 cm³/mol. The monoisotopic (exact) mass is 356 g/mol. The second-order valence-corrected chi connectivity index (χ2v) is 7.76. The third-order valence-electron chi connectivity index (χ3n) is 3.85. The zero-order valence-corrected chi connectivity index (χ0v) is 15.1. The van der Waals surface area contributed by atoms with Crippen LogP contribution in [0.25, 0.3) is 0 Å². The van der Waals surface area contributed by atoms with Gasteiger partial charge in [-0.05, 0) is 30.5 Å². The highest BCUT2D eigenvalue weighted by Gasteiger charge is 2.34. The summed E-state index contributed by atoms with van der Waals surface area (Å²) < 4.78 is 35.2. The van der Waals surface area contributed by atoms with E-state index < -0.39 is 10.0 Å². The van der Waals surface area contributed by atoms with Gasteiger partial charge in [-0.25, -0.2) is 8.42 Å². The maximum absolute atomic E-state index is 12.0. The first-order valence-corrected chi connectivity index (χ1v) is 9.64. The van der Waals surface area contributed by atoms with Gasteiger partial charge in [0.05, 0.1) is 26.9 Å². The summed E-state index contributed by atoms with van der Waals surface area (Å²) in [5.74, 6) is 1.01. The Labute approximate surface area is 143 Å². The zero-order chi connectivity index (χ0) is 17.7. The van der Waals surface area contributed by atoms with Crippen LogP contribution in [0.3, 0.4) is 0 Å². The lowest BCUT2D eigenvalue weighted by atomic mass is 10.1. The minimum Gasteiger partial charge on any atom is -0.493 e. The molecule has 1 aromatic carbocycles. The fourth-order valence-electron chi connectivity index (χ4n) is 2.53. The first kappa shape index (κ1) is 18.5. The summed E-state index contributed by atoms with van der Waals surface area (Å²) in [5.41, 5.74) is 0.798. The van der Waals surface area contributed by atoms with E-state index in [2.05, 4.69) is 5.32 Å². The molecule has 0 heterocycles. The van der Waals surface area contributed by atoms with Gasteiger partial charge in [0.25, 0.3) is 0 Å². The number of ether oxygens (including phenoxy) is 2. The van der Waals surface area contributed by atoms with Crippen molar-refractivity contribution < 1.29 is 22.7 Å². The normalized spacial score (nSPS) is 14.5. The molecule has 1 aliphatic rings. The molecule has 1 fully saturated rings. The number of nitrogens with zero attached hydrogens (tertiary/aromatic N) is 1. The second-order valence-electron chi connectivity index (χ2n) is 5.82. The number of sulfonamides is 1. The van der Waals surface area contributed by atoms with Crippen molar-refractivity contribution in [2.24, 2.45) is 0 Å². The summed E-state index contributed by atoms with van der Waals surface area (Å²) >= 11 is 0. The Morgan fingerprint density at radius 2 is 1.92 bits per heavy atom. The van der Waals surface area contributed by atoms with E-state index in [9.17, 15) is 13.2 Å². The zero-order valence-electron chi connectivity index (χ0n) is 14.2. The molecule has 0 saturated heterocycles. The Kier molecular flexibility index (Phi) is 6.06. The van der Waals surface area contributed by atoms with Gasteiger partial charge in [-0.1, -0.05) is 6.07 Å². The highest BCUT2D eigenvalue weighted by atomic mass is 32.2. The molecule has 0 aliphatic heterocycles. The molecule has 0 radical (unpaired) electrons. The Balaban J connectivity index is 1.85. The van der Waals surface area contributed by atoms with Crippen LogP contribution in [0.4, 0.5) is 0 Å². The summed E-state index contributed by atoms with van der Waals surface area (Å²) in [7, 11) is -0.129. The summed E-state index contributed by atoms with van der Waals surface area (Å²) in [5, 5.41) is 2.77. The quantitative estimate of drug-likeness (QED) is 0.707. The minimum absolute atomic E-state index is 0.0998. The molecule has 0 spiro atoms. The van der Waals surface area contributed by atoms with Gasteiger partial charge in [0.2, 0.25) is 15.9 Å². The van der Waals surface area contributed by atoms with Crippen LogP contribution in [0.1, 0.15) is 18.4 Å². The molecule has 1 amide bonds.